The summed E-state index contributed by atoms with van der Waals surface area (Å²) in [6.45, 7) is 0.968. The van der Waals surface area contributed by atoms with Crippen LogP contribution >= 0.6 is 0 Å². The Kier molecular flexibility index (Phi) is 15.4. The zero-order valence-corrected chi connectivity index (χ0v) is 31.5. The number of nitrogens with one attached hydrogen (secondary N) is 4. The van der Waals surface area contributed by atoms with Crippen LogP contribution in [0.2, 0.25) is 0 Å². The third-order valence-corrected chi connectivity index (χ3v) is 10.3. The molecule has 0 aromatic heterocycles. The van der Waals surface area contributed by atoms with Gasteiger partial charge in [-0.25, -0.2) is 8.78 Å². The molecule has 7 N–H and O–H groups in total. The number of carbonyl (C=O) groups excluding carboxylic acids is 7. The van der Waals surface area contributed by atoms with Crippen LogP contribution in [0.3, 0.4) is 0 Å². The number of halogens is 2. The van der Waals surface area contributed by atoms with E-state index in [1.807, 2.05) is 0 Å². The lowest BCUT2D eigenvalue weighted by Crippen LogP contribution is -2.53. The Morgan fingerprint density at radius 2 is 1.48 bits per heavy atom. The van der Waals surface area contributed by atoms with E-state index in [4.69, 9.17) is 15.2 Å². The van der Waals surface area contributed by atoms with Crippen LogP contribution in [0.4, 0.5) is 8.78 Å². The maximum absolute atomic E-state index is 14.5. The molecule has 0 saturated heterocycles. The van der Waals surface area contributed by atoms with E-state index in [2.05, 4.69) is 21.3 Å². The molecule has 2 aliphatic rings. The summed E-state index contributed by atoms with van der Waals surface area (Å²) in [5.74, 6) is -10.8. The molecule has 56 heavy (non-hydrogen) atoms. The summed E-state index contributed by atoms with van der Waals surface area (Å²) < 4.78 is 39.4. The van der Waals surface area contributed by atoms with E-state index < -0.39 is 101 Å². The lowest BCUT2D eigenvalue weighted by atomic mass is 9.77. The van der Waals surface area contributed by atoms with Crippen molar-refractivity contribution in [3.8, 4) is 11.5 Å². The number of nitrogens with two attached hydrogens (primary N) is 1. The van der Waals surface area contributed by atoms with Gasteiger partial charge in [-0.05, 0) is 67.9 Å². The molecule has 2 aromatic carbocycles. The Hall–Kier alpha value is -5.45. The first-order valence-electron chi connectivity index (χ1n) is 18.6. The van der Waals surface area contributed by atoms with E-state index in [-0.39, 0.29) is 30.7 Å². The fourth-order valence-corrected chi connectivity index (χ4v) is 7.43. The summed E-state index contributed by atoms with van der Waals surface area (Å²) in [7, 11) is 2.78. The Balaban J connectivity index is 1.44. The van der Waals surface area contributed by atoms with Gasteiger partial charge in [0.2, 0.25) is 23.5 Å². The standard InChI is InChI=1S/C39H49F2N5O10/c1-4-9-29(35(50)39(54)43-19-30(48)45-33(36(42)51)21-14-23(55-2)18-24(15-21)56-3)44-37(52)26-17-22(47)16-25(26)34(49)32(20-10-6-5-7-11-20)46-38(53)31-27(40)12-8-13-28(31)41/h8,12-15,18,20,22,25-26,29,32-33,47H,4-7,9-11,16-17,19H2,1-3H3,(H2,42,51)(H,43,54)(H,44,52)(H,45,48)(H,46,53)/t22-,25?,26+,29?,32-,33?/m0/s1. The summed E-state index contributed by atoms with van der Waals surface area (Å²) in [4.78, 5) is 92.5. The van der Waals surface area contributed by atoms with Gasteiger partial charge in [-0.15, -0.1) is 0 Å². The summed E-state index contributed by atoms with van der Waals surface area (Å²) in [6.07, 6.45) is 2.46. The molecule has 5 amide bonds. The van der Waals surface area contributed by atoms with Gasteiger partial charge in [0.05, 0.1) is 44.9 Å². The smallest absolute Gasteiger partial charge is 0.290 e. The first-order chi connectivity index (χ1) is 26.7. The predicted octanol–water partition coefficient (Wildman–Crippen LogP) is 1.93. The summed E-state index contributed by atoms with van der Waals surface area (Å²) in [5.41, 5.74) is 4.91. The van der Waals surface area contributed by atoms with Gasteiger partial charge in [0, 0.05) is 12.0 Å². The van der Waals surface area contributed by atoms with Crippen LogP contribution in [-0.4, -0.2) is 85.2 Å². The van der Waals surface area contributed by atoms with E-state index >= 15 is 0 Å². The second-order valence-electron chi connectivity index (χ2n) is 14.1. The van der Waals surface area contributed by atoms with Gasteiger partial charge >= 0.3 is 0 Å². The van der Waals surface area contributed by atoms with Gasteiger partial charge in [0.25, 0.3) is 11.8 Å². The fraction of sp³-hybridized carbons (Fsp3) is 0.513. The number of hydrogen-bond acceptors (Lipinski definition) is 10. The number of aliphatic hydroxyl groups is 1. The first kappa shape index (κ1) is 43.3. The number of amides is 5. The molecule has 0 spiro atoms. The van der Waals surface area contributed by atoms with Gasteiger partial charge in [0.15, 0.2) is 5.78 Å². The van der Waals surface area contributed by atoms with Crippen LogP contribution < -0.4 is 36.5 Å². The number of ketones is 2. The molecular weight excluding hydrogens is 736 g/mol. The lowest BCUT2D eigenvalue weighted by Gasteiger charge is -2.33. The van der Waals surface area contributed by atoms with E-state index in [9.17, 15) is 47.4 Å². The highest BCUT2D eigenvalue weighted by Gasteiger charge is 2.47. The van der Waals surface area contributed by atoms with Crippen LogP contribution in [0.25, 0.3) is 0 Å². The lowest BCUT2D eigenvalue weighted by molar-refractivity contribution is -0.141. The topological polar surface area (TPSA) is 232 Å². The van der Waals surface area contributed by atoms with Crippen LogP contribution in [0.5, 0.6) is 11.5 Å². The maximum atomic E-state index is 14.5. The van der Waals surface area contributed by atoms with Gasteiger partial charge in [-0.1, -0.05) is 38.7 Å². The highest BCUT2D eigenvalue weighted by atomic mass is 19.1. The molecule has 3 unspecified atom stereocenters. The van der Waals surface area contributed by atoms with Crippen molar-refractivity contribution in [3.05, 3.63) is 59.2 Å². The molecule has 0 aliphatic heterocycles. The number of aliphatic hydroxyl groups excluding tert-OH is 1. The molecule has 2 aromatic rings. The molecule has 4 rings (SSSR count). The van der Waals surface area contributed by atoms with Crippen LogP contribution in [0.15, 0.2) is 36.4 Å². The quantitative estimate of drug-likeness (QED) is 0.120. The van der Waals surface area contributed by atoms with E-state index in [1.54, 1.807) is 13.0 Å². The number of ether oxygens (including phenoxy) is 2. The molecule has 304 valence electrons. The molecule has 0 heterocycles. The van der Waals surface area contributed by atoms with Crippen molar-refractivity contribution >= 4 is 41.1 Å². The normalized spacial score (nSPS) is 19.8. The van der Waals surface area contributed by atoms with Crippen molar-refractivity contribution in [2.75, 3.05) is 20.8 Å². The zero-order valence-electron chi connectivity index (χ0n) is 31.5. The minimum absolute atomic E-state index is 0.00839. The van der Waals surface area contributed by atoms with Gasteiger partial charge < -0.3 is 41.6 Å². The molecular formula is C39H49F2N5O10. The molecule has 6 atom stereocenters. The van der Waals surface area contributed by atoms with Gasteiger partial charge in [-0.3, -0.25) is 33.6 Å². The fourth-order valence-electron chi connectivity index (χ4n) is 7.43. The summed E-state index contributed by atoms with van der Waals surface area (Å²) in [5, 5.41) is 20.3. The molecule has 0 bridgehead atoms. The van der Waals surface area contributed by atoms with Crippen molar-refractivity contribution < 1.29 is 56.9 Å². The Bertz CT molecular complexity index is 1760. The van der Waals surface area contributed by atoms with E-state index in [1.165, 1.54) is 26.4 Å². The highest BCUT2D eigenvalue weighted by molar-refractivity contribution is 6.38. The molecule has 15 nitrogen and oxygen atoms in total. The van der Waals surface area contributed by atoms with Crippen LogP contribution in [0.1, 0.15) is 86.7 Å². The largest absolute Gasteiger partial charge is 0.497 e. The third-order valence-electron chi connectivity index (χ3n) is 10.3. The number of methoxy groups -OCH3 is 2. The molecule has 17 heteroatoms. The predicted molar refractivity (Wildman–Crippen MR) is 196 cm³/mol. The minimum Gasteiger partial charge on any atom is -0.497 e. The summed E-state index contributed by atoms with van der Waals surface area (Å²) >= 11 is 0. The molecule has 2 aliphatic carbocycles. The van der Waals surface area contributed by atoms with Crippen molar-refractivity contribution in [2.45, 2.75) is 88.9 Å². The second-order valence-corrected chi connectivity index (χ2v) is 14.1. The number of Topliss-reactive ketones (excluding diaryl/α,β-unsaturated/α-hetero) is 2. The molecule has 0 radical (unpaired) electrons. The van der Waals surface area contributed by atoms with E-state index in [0.29, 0.717) is 30.8 Å². The van der Waals surface area contributed by atoms with Crippen LogP contribution in [0, 0.1) is 29.4 Å². The average Bonchev–Trinajstić information content (AvgIpc) is 3.58. The average molecular weight is 786 g/mol. The molecule has 2 fully saturated rings. The van der Waals surface area contributed by atoms with Crippen molar-refractivity contribution in [2.24, 2.45) is 23.5 Å². The first-order valence-corrected chi connectivity index (χ1v) is 18.6. The number of primary amides is 1. The minimum atomic E-state index is -1.37. The number of benzene rings is 2. The third kappa shape index (κ3) is 10.9. The Morgan fingerprint density at radius 3 is 2.05 bits per heavy atom. The Morgan fingerprint density at radius 1 is 0.875 bits per heavy atom. The van der Waals surface area contributed by atoms with Gasteiger partial charge in [-0.2, -0.15) is 0 Å². The zero-order chi connectivity index (χ0) is 41.1. The Labute approximate surface area is 322 Å². The highest BCUT2D eigenvalue weighted by Crippen LogP contribution is 2.37. The van der Waals surface area contributed by atoms with Crippen molar-refractivity contribution in [1.82, 2.24) is 21.3 Å². The number of carbonyl (C=O) groups is 7. The van der Waals surface area contributed by atoms with E-state index in [0.717, 1.165) is 37.5 Å². The van der Waals surface area contributed by atoms with Crippen molar-refractivity contribution in [1.29, 1.82) is 0 Å². The monoisotopic (exact) mass is 785 g/mol. The number of hydrogen-bond donors (Lipinski definition) is 6. The number of rotatable bonds is 18. The SMILES string of the molecule is CCCC(NC(=O)[C@@H]1C[C@@H](O)CC1C(=O)[C@@H](NC(=O)c1c(F)cccc1F)C1CCCCC1)C(=O)C(=O)NCC(=O)NC(C(N)=O)c1cc(OC)cc(OC)c1. The summed E-state index contributed by atoms with van der Waals surface area (Å²) in [6, 6.07) is 3.48. The van der Waals surface area contributed by atoms with Gasteiger partial charge in [0.1, 0.15) is 34.7 Å². The van der Waals surface area contributed by atoms with Crippen LogP contribution in [-0.2, 0) is 28.8 Å². The molecule has 2 saturated carbocycles. The maximum Gasteiger partial charge on any atom is 0.290 e. The second kappa shape index (κ2) is 19.9. The van der Waals surface area contributed by atoms with Crippen molar-refractivity contribution in [3.63, 3.8) is 0 Å².